The maximum Gasteiger partial charge on any atom is 0.346 e. The highest BCUT2D eigenvalue weighted by Crippen LogP contribution is 2.49. The minimum absolute atomic E-state index is 0.230. The number of halogens is 1. The predicted molar refractivity (Wildman–Crippen MR) is 140 cm³/mol. The van der Waals surface area contributed by atoms with Gasteiger partial charge in [-0.05, 0) is 42.3 Å². The lowest BCUT2D eigenvalue weighted by molar-refractivity contribution is -0.0708. The number of para-hydroxylation sites is 1. The van der Waals surface area contributed by atoms with E-state index in [1.807, 2.05) is 35.9 Å². The number of aryl methyl sites for hydroxylation is 1. The number of nitrogens with zero attached hydrogens (tertiary/aromatic N) is 4. The number of rotatable bonds is 5. The Balaban J connectivity index is 1.20. The molecule has 8 nitrogen and oxygen atoms in total. The van der Waals surface area contributed by atoms with Crippen molar-refractivity contribution in [3.63, 3.8) is 0 Å². The van der Waals surface area contributed by atoms with E-state index in [0.717, 1.165) is 34.8 Å². The molecule has 0 saturated heterocycles. The van der Waals surface area contributed by atoms with E-state index in [1.165, 1.54) is 23.5 Å². The number of aromatic carboxylic acids is 1. The summed E-state index contributed by atoms with van der Waals surface area (Å²) in [5, 5.41) is 18.3. The normalized spacial score (nSPS) is 18.9. The molecule has 38 heavy (non-hydrogen) atoms. The van der Waals surface area contributed by atoms with Gasteiger partial charge in [0, 0.05) is 32.6 Å². The molecule has 2 aromatic heterocycles. The Kier molecular flexibility index (Phi) is 5.70. The van der Waals surface area contributed by atoms with Crippen LogP contribution in [0, 0.1) is 17.1 Å². The highest BCUT2D eigenvalue weighted by Gasteiger charge is 2.42. The third-order valence-electron chi connectivity index (χ3n) is 7.02. The molecular formula is C28H23FN4O4S. The number of ether oxygens (including phenoxy) is 2. The molecule has 6 rings (SSSR count). The van der Waals surface area contributed by atoms with E-state index in [1.54, 1.807) is 19.1 Å². The Labute approximate surface area is 221 Å². The van der Waals surface area contributed by atoms with Crippen molar-refractivity contribution in [1.82, 2.24) is 14.5 Å². The van der Waals surface area contributed by atoms with E-state index in [9.17, 15) is 14.3 Å². The van der Waals surface area contributed by atoms with Gasteiger partial charge < -0.3 is 19.1 Å². The first-order valence-electron chi connectivity index (χ1n) is 12.1. The van der Waals surface area contributed by atoms with Gasteiger partial charge in [-0.25, -0.2) is 14.2 Å². The molecule has 4 heterocycles. The molecule has 0 saturated carbocycles. The number of hydrogen-bond donors (Lipinski definition) is 1. The Morgan fingerprint density at radius 3 is 2.82 bits per heavy atom. The van der Waals surface area contributed by atoms with E-state index >= 15 is 0 Å². The van der Waals surface area contributed by atoms with Gasteiger partial charge in [-0.15, -0.1) is 11.3 Å². The fourth-order valence-electron chi connectivity index (χ4n) is 5.01. The summed E-state index contributed by atoms with van der Waals surface area (Å²) in [6, 6.07) is 13.5. The largest absolute Gasteiger partial charge is 0.477 e. The summed E-state index contributed by atoms with van der Waals surface area (Å²) in [4.78, 5) is 19.3. The SMILES string of the molecule is Cn1c(CN2CC=C(c3cccc4c3O[C@](C)(c3ccc(C#N)cc3F)O4)CC2)nc2cc(C(=O)O)sc21. The van der Waals surface area contributed by atoms with Crippen LogP contribution in [-0.4, -0.2) is 38.6 Å². The van der Waals surface area contributed by atoms with Crippen LogP contribution in [0.2, 0.25) is 0 Å². The smallest absolute Gasteiger partial charge is 0.346 e. The minimum atomic E-state index is -1.34. The zero-order valence-electron chi connectivity index (χ0n) is 20.7. The molecule has 1 atom stereocenters. The first-order chi connectivity index (χ1) is 18.3. The molecule has 0 spiro atoms. The third-order valence-corrected chi connectivity index (χ3v) is 8.21. The van der Waals surface area contributed by atoms with E-state index in [2.05, 4.69) is 16.0 Å². The van der Waals surface area contributed by atoms with Crippen LogP contribution in [0.3, 0.4) is 0 Å². The number of nitriles is 1. The lowest BCUT2D eigenvalue weighted by atomic mass is 9.98. The summed E-state index contributed by atoms with van der Waals surface area (Å²) < 4.78 is 29.1. The van der Waals surface area contributed by atoms with Crippen LogP contribution >= 0.6 is 11.3 Å². The molecule has 4 aromatic rings. The highest BCUT2D eigenvalue weighted by atomic mass is 32.1. The van der Waals surface area contributed by atoms with Gasteiger partial charge in [0.1, 0.15) is 26.9 Å². The number of thiophene rings is 1. The average Bonchev–Trinajstić information content (AvgIpc) is 3.56. The van der Waals surface area contributed by atoms with Crippen molar-refractivity contribution in [2.24, 2.45) is 7.05 Å². The molecule has 2 aliphatic rings. The summed E-state index contributed by atoms with van der Waals surface area (Å²) >= 11 is 1.23. The number of imidazole rings is 1. The lowest BCUT2D eigenvalue weighted by Gasteiger charge is -2.27. The number of carbonyl (C=O) groups is 1. The standard InChI is InChI=1S/C28H23FN4O4S/c1-28(19-7-6-16(14-30)12-20(19)29)36-22-5-3-4-18(25(22)37-28)17-8-10-33(11-9-17)15-24-31-21-13-23(27(34)35)38-26(21)32(24)2/h3-8,12-13H,9-11,15H2,1-2H3,(H,34,35)/t28-/m1/s1. The number of fused-ring (bicyclic) bond motifs is 2. The van der Waals surface area contributed by atoms with Gasteiger partial charge in [0.05, 0.1) is 23.7 Å². The number of aromatic nitrogens is 2. The van der Waals surface area contributed by atoms with Crippen LogP contribution < -0.4 is 9.47 Å². The Morgan fingerprint density at radius 1 is 1.29 bits per heavy atom. The van der Waals surface area contributed by atoms with Crippen LogP contribution in [-0.2, 0) is 19.4 Å². The summed E-state index contributed by atoms with van der Waals surface area (Å²) in [6.45, 7) is 3.84. The topological polar surface area (TPSA) is 101 Å². The van der Waals surface area contributed by atoms with Crippen molar-refractivity contribution in [1.29, 1.82) is 5.26 Å². The molecule has 2 aliphatic heterocycles. The van der Waals surface area contributed by atoms with Crippen molar-refractivity contribution in [3.05, 3.63) is 81.7 Å². The van der Waals surface area contributed by atoms with Crippen LogP contribution in [0.4, 0.5) is 4.39 Å². The number of benzene rings is 2. The summed E-state index contributed by atoms with van der Waals surface area (Å²) in [5.41, 5.74) is 3.21. The molecule has 2 aromatic carbocycles. The summed E-state index contributed by atoms with van der Waals surface area (Å²) in [7, 11) is 1.91. The molecule has 0 radical (unpaired) electrons. The van der Waals surface area contributed by atoms with Gasteiger partial charge in [-0.3, -0.25) is 4.90 Å². The first-order valence-corrected chi connectivity index (χ1v) is 12.9. The summed E-state index contributed by atoms with van der Waals surface area (Å²) in [5.74, 6) is -0.821. The number of carboxylic acid groups (broad SMARTS) is 1. The van der Waals surface area contributed by atoms with Crippen molar-refractivity contribution < 1.29 is 23.8 Å². The summed E-state index contributed by atoms with van der Waals surface area (Å²) in [6.07, 6.45) is 2.94. The molecule has 0 unspecified atom stereocenters. The average molecular weight is 531 g/mol. The second-order valence-corrected chi connectivity index (χ2v) is 10.5. The van der Waals surface area contributed by atoms with Gasteiger partial charge in [0.2, 0.25) is 0 Å². The molecule has 0 fully saturated rings. The van der Waals surface area contributed by atoms with Gasteiger partial charge >= 0.3 is 5.97 Å². The molecule has 0 bridgehead atoms. The van der Waals surface area contributed by atoms with Gasteiger partial charge in [0.25, 0.3) is 5.79 Å². The number of hydrogen-bond acceptors (Lipinski definition) is 7. The highest BCUT2D eigenvalue weighted by molar-refractivity contribution is 7.20. The molecule has 192 valence electrons. The van der Waals surface area contributed by atoms with E-state index in [4.69, 9.17) is 14.7 Å². The van der Waals surface area contributed by atoms with Crippen LogP contribution in [0.5, 0.6) is 11.5 Å². The van der Waals surface area contributed by atoms with Crippen molar-refractivity contribution in [2.45, 2.75) is 25.7 Å². The van der Waals surface area contributed by atoms with E-state index < -0.39 is 17.6 Å². The fourth-order valence-corrected chi connectivity index (χ4v) is 5.93. The zero-order chi connectivity index (χ0) is 26.6. The first kappa shape index (κ1) is 24.2. The van der Waals surface area contributed by atoms with Crippen molar-refractivity contribution in [3.8, 4) is 17.6 Å². The van der Waals surface area contributed by atoms with Crippen LogP contribution in [0.25, 0.3) is 15.9 Å². The maximum absolute atomic E-state index is 14.8. The van der Waals surface area contributed by atoms with E-state index in [0.29, 0.717) is 30.1 Å². The third kappa shape index (κ3) is 4.00. The molecular weight excluding hydrogens is 507 g/mol. The van der Waals surface area contributed by atoms with Crippen LogP contribution in [0.1, 0.15) is 45.5 Å². The van der Waals surface area contributed by atoms with Gasteiger partial charge in [0.15, 0.2) is 11.5 Å². The fraction of sp³-hybridized carbons (Fsp3) is 0.250. The zero-order valence-corrected chi connectivity index (χ0v) is 21.5. The monoisotopic (exact) mass is 530 g/mol. The second kappa shape index (κ2) is 8.97. The van der Waals surface area contributed by atoms with Crippen molar-refractivity contribution >= 4 is 33.2 Å². The van der Waals surface area contributed by atoms with Gasteiger partial charge in [-0.2, -0.15) is 5.26 Å². The maximum atomic E-state index is 14.8. The Hall–Kier alpha value is -4.20. The minimum Gasteiger partial charge on any atom is -0.477 e. The molecule has 1 N–H and O–H groups in total. The molecule has 10 heteroatoms. The second-order valence-electron chi connectivity index (χ2n) is 9.50. The van der Waals surface area contributed by atoms with E-state index in [-0.39, 0.29) is 16.0 Å². The molecule has 0 aliphatic carbocycles. The van der Waals surface area contributed by atoms with Crippen LogP contribution in [0.15, 0.2) is 48.5 Å². The quantitative estimate of drug-likeness (QED) is 0.375. The lowest BCUT2D eigenvalue weighted by Crippen LogP contribution is -2.33. The Morgan fingerprint density at radius 2 is 2.13 bits per heavy atom. The van der Waals surface area contributed by atoms with Crippen molar-refractivity contribution in [2.75, 3.05) is 13.1 Å². The Bertz CT molecular complexity index is 1680. The molecule has 0 amide bonds. The van der Waals surface area contributed by atoms with Gasteiger partial charge in [-0.1, -0.05) is 18.2 Å². The number of carboxylic acids is 1. The predicted octanol–water partition coefficient (Wildman–Crippen LogP) is 5.28.